The van der Waals surface area contributed by atoms with Crippen molar-refractivity contribution in [3.05, 3.63) is 52.7 Å². The summed E-state index contributed by atoms with van der Waals surface area (Å²) in [6, 6.07) is 9.39. The second-order valence-electron chi connectivity index (χ2n) is 12.1. The molecule has 8 nitrogen and oxygen atoms in total. The van der Waals surface area contributed by atoms with Crippen LogP contribution in [0.5, 0.6) is 5.75 Å². The lowest BCUT2D eigenvalue weighted by Crippen LogP contribution is -2.51. The number of hydrogen-bond donors (Lipinski definition) is 2. The molecule has 0 radical (unpaired) electrons. The summed E-state index contributed by atoms with van der Waals surface area (Å²) >= 11 is 0. The van der Waals surface area contributed by atoms with Crippen molar-refractivity contribution in [3.63, 3.8) is 0 Å². The molecule has 5 heterocycles. The molecule has 2 bridgehead atoms. The van der Waals surface area contributed by atoms with Crippen molar-refractivity contribution in [2.24, 2.45) is 0 Å². The maximum atomic E-state index is 13.2. The first-order valence-corrected chi connectivity index (χ1v) is 14.7. The minimum atomic E-state index is -0.0405. The third kappa shape index (κ3) is 5.23. The van der Waals surface area contributed by atoms with Gasteiger partial charge in [0.2, 0.25) is 0 Å². The summed E-state index contributed by atoms with van der Waals surface area (Å²) < 4.78 is 5.77. The second kappa shape index (κ2) is 10.8. The highest BCUT2D eigenvalue weighted by molar-refractivity contribution is 5.97. The van der Waals surface area contributed by atoms with E-state index in [1.807, 2.05) is 31.2 Å². The van der Waals surface area contributed by atoms with Gasteiger partial charge in [0.05, 0.1) is 12.2 Å². The van der Waals surface area contributed by atoms with Crippen LogP contribution in [0, 0.1) is 6.92 Å². The molecule has 4 aliphatic rings. The number of likely N-dealkylation sites (tertiary alicyclic amines) is 1. The van der Waals surface area contributed by atoms with E-state index in [9.17, 15) is 9.59 Å². The molecule has 3 atom stereocenters. The zero-order valence-electron chi connectivity index (χ0n) is 23.4. The minimum absolute atomic E-state index is 0.00776. The van der Waals surface area contributed by atoms with Gasteiger partial charge in [-0.2, -0.15) is 0 Å². The van der Waals surface area contributed by atoms with E-state index in [4.69, 9.17) is 9.72 Å². The van der Waals surface area contributed by atoms with Gasteiger partial charge in [-0.1, -0.05) is 6.07 Å². The van der Waals surface area contributed by atoms with Gasteiger partial charge >= 0.3 is 0 Å². The molecule has 6 rings (SSSR count). The van der Waals surface area contributed by atoms with Crippen LogP contribution in [0.25, 0.3) is 0 Å². The number of nitrogens with zero attached hydrogens (tertiary/aromatic N) is 3. The fraction of sp³-hybridized carbons (Fsp3) is 0.581. The standard InChI is InChI=1S/C31H41N5O3/c1-19(2)35-13-4-5-23(18-35)33-30(37)22-7-11-28(32-17-22)36-25-8-9-26(36)16-24(15-25)34-31(38)27-10-6-21-12-14-39-29(21)20(27)3/h6-7,10-11,17,19,23-26H,4-5,8-9,12-16,18H2,1-3H3,(H,33,37)(H,34,38)/t23-,24?,25?,26?/m0/s1. The average molecular weight is 532 g/mol. The van der Waals surface area contributed by atoms with Crippen molar-refractivity contribution in [2.45, 2.75) is 95.9 Å². The summed E-state index contributed by atoms with van der Waals surface area (Å²) in [6.07, 6.45) is 8.77. The highest BCUT2D eigenvalue weighted by Gasteiger charge is 2.42. The number of ether oxygens (including phenoxy) is 1. The molecule has 2 N–H and O–H groups in total. The van der Waals surface area contributed by atoms with Gasteiger partial charge in [-0.05, 0) is 89.6 Å². The molecule has 4 aliphatic heterocycles. The lowest BCUT2D eigenvalue weighted by Gasteiger charge is -2.40. The highest BCUT2D eigenvalue weighted by Crippen LogP contribution is 2.39. The van der Waals surface area contributed by atoms with Crippen molar-refractivity contribution in [1.29, 1.82) is 0 Å². The van der Waals surface area contributed by atoms with Crippen LogP contribution in [0.3, 0.4) is 0 Å². The summed E-state index contributed by atoms with van der Waals surface area (Å²) in [7, 11) is 0. The molecule has 3 fully saturated rings. The number of carbonyl (C=O) groups is 2. The molecule has 0 saturated carbocycles. The molecule has 208 valence electrons. The Balaban J connectivity index is 1.06. The van der Waals surface area contributed by atoms with E-state index in [1.165, 1.54) is 5.56 Å². The van der Waals surface area contributed by atoms with Gasteiger partial charge < -0.3 is 20.3 Å². The van der Waals surface area contributed by atoms with E-state index in [0.29, 0.717) is 35.9 Å². The maximum absolute atomic E-state index is 13.2. The van der Waals surface area contributed by atoms with Gasteiger partial charge in [0, 0.05) is 60.5 Å². The Kier molecular flexibility index (Phi) is 7.23. The summed E-state index contributed by atoms with van der Waals surface area (Å²) in [4.78, 5) is 35.7. The van der Waals surface area contributed by atoms with Crippen molar-refractivity contribution in [2.75, 3.05) is 24.6 Å². The van der Waals surface area contributed by atoms with Crippen molar-refractivity contribution < 1.29 is 14.3 Å². The number of piperidine rings is 2. The molecule has 0 spiro atoms. The number of carbonyl (C=O) groups excluding carboxylic acids is 2. The fourth-order valence-corrected chi connectivity index (χ4v) is 7.12. The van der Waals surface area contributed by atoms with Crippen LogP contribution < -0.4 is 20.3 Å². The van der Waals surface area contributed by atoms with E-state index in [0.717, 1.165) is 75.2 Å². The predicted octanol–water partition coefficient (Wildman–Crippen LogP) is 3.86. The molecule has 3 saturated heterocycles. The first-order valence-electron chi connectivity index (χ1n) is 14.7. The number of nitrogens with one attached hydrogen (secondary N) is 2. The molecule has 39 heavy (non-hydrogen) atoms. The third-order valence-electron chi connectivity index (χ3n) is 9.21. The van der Waals surface area contributed by atoms with E-state index >= 15 is 0 Å². The third-order valence-corrected chi connectivity index (χ3v) is 9.21. The van der Waals surface area contributed by atoms with E-state index in [2.05, 4.69) is 34.3 Å². The number of aromatic nitrogens is 1. The molecule has 1 aromatic heterocycles. The van der Waals surface area contributed by atoms with Crippen LogP contribution in [-0.2, 0) is 6.42 Å². The Bertz CT molecular complexity index is 1220. The average Bonchev–Trinajstić information content (AvgIpc) is 3.52. The molecule has 8 heteroatoms. The van der Waals surface area contributed by atoms with Gasteiger partial charge in [-0.15, -0.1) is 0 Å². The number of hydrogen-bond acceptors (Lipinski definition) is 6. The second-order valence-corrected chi connectivity index (χ2v) is 12.1. The van der Waals surface area contributed by atoms with Gasteiger partial charge in [0.1, 0.15) is 11.6 Å². The van der Waals surface area contributed by atoms with Crippen molar-refractivity contribution >= 4 is 17.6 Å². The van der Waals surface area contributed by atoms with Gasteiger partial charge in [0.25, 0.3) is 11.8 Å². The van der Waals surface area contributed by atoms with Gasteiger partial charge in [0.15, 0.2) is 0 Å². The number of anilines is 1. The van der Waals surface area contributed by atoms with Crippen molar-refractivity contribution in [1.82, 2.24) is 20.5 Å². The van der Waals surface area contributed by atoms with Crippen molar-refractivity contribution in [3.8, 4) is 5.75 Å². The normalized spacial score (nSPS) is 26.3. The molecule has 2 amide bonds. The minimum Gasteiger partial charge on any atom is -0.493 e. The van der Waals surface area contributed by atoms with Crippen LogP contribution >= 0.6 is 0 Å². The van der Waals surface area contributed by atoms with Crippen LogP contribution in [0.4, 0.5) is 5.82 Å². The maximum Gasteiger partial charge on any atom is 0.253 e. The lowest BCUT2D eigenvalue weighted by molar-refractivity contribution is 0.0885. The molecule has 2 aromatic rings. The molecular weight excluding hydrogens is 490 g/mol. The number of pyridine rings is 1. The largest absolute Gasteiger partial charge is 0.493 e. The Morgan fingerprint density at radius 1 is 1.00 bits per heavy atom. The first-order chi connectivity index (χ1) is 18.9. The number of benzene rings is 1. The monoisotopic (exact) mass is 531 g/mol. The number of rotatable bonds is 6. The number of amides is 2. The lowest BCUT2D eigenvalue weighted by atomic mass is 9.96. The van der Waals surface area contributed by atoms with E-state index in [-0.39, 0.29) is 23.9 Å². The molecular formula is C31H41N5O3. The highest BCUT2D eigenvalue weighted by atomic mass is 16.5. The van der Waals surface area contributed by atoms with Gasteiger partial charge in [-0.3, -0.25) is 14.5 Å². The molecule has 0 aliphatic carbocycles. The zero-order chi connectivity index (χ0) is 27.1. The smallest absolute Gasteiger partial charge is 0.253 e. The Morgan fingerprint density at radius 2 is 1.77 bits per heavy atom. The van der Waals surface area contributed by atoms with E-state index < -0.39 is 0 Å². The zero-order valence-corrected chi connectivity index (χ0v) is 23.4. The Morgan fingerprint density at radius 3 is 2.49 bits per heavy atom. The first kappa shape index (κ1) is 26.1. The Labute approximate surface area is 231 Å². The summed E-state index contributed by atoms with van der Waals surface area (Å²) in [5.41, 5.74) is 3.46. The van der Waals surface area contributed by atoms with Crippen LogP contribution in [0.15, 0.2) is 30.5 Å². The Hall–Kier alpha value is -3.13. The van der Waals surface area contributed by atoms with Crippen LogP contribution in [0.1, 0.15) is 84.2 Å². The SMILES string of the molecule is Cc1c(C(=O)NC2CC3CCC(C2)N3c2ccc(C(=O)N[C@H]3CCCN(C(C)C)C3)cn2)ccc2c1OCC2. The summed E-state index contributed by atoms with van der Waals surface area (Å²) in [5, 5.41) is 6.54. The topological polar surface area (TPSA) is 86.8 Å². The number of fused-ring (bicyclic) bond motifs is 3. The van der Waals surface area contributed by atoms with Gasteiger partial charge in [-0.25, -0.2) is 4.98 Å². The molecule has 2 unspecified atom stereocenters. The quantitative estimate of drug-likeness (QED) is 0.589. The predicted molar refractivity (Wildman–Crippen MR) is 152 cm³/mol. The molecule has 1 aromatic carbocycles. The van der Waals surface area contributed by atoms with Crippen LogP contribution in [-0.4, -0.2) is 71.6 Å². The van der Waals surface area contributed by atoms with E-state index in [1.54, 1.807) is 6.20 Å². The van der Waals surface area contributed by atoms with Crippen LogP contribution in [0.2, 0.25) is 0 Å². The summed E-state index contributed by atoms with van der Waals surface area (Å²) in [6.45, 7) is 9.11. The fourth-order valence-electron chi connectivity index (χ4n) is 7.12. The summed E-state index contributed by atoms with van der Waals surface area (Å²) in [5.74, 6) is 1.77.